The first-order valence-corrected chi connectivity index (χ1v) is 14.5. The highest BCUT2D eigenvalue weighted by Gasteiger charge is 2.36. The van der Waals surface area contributed by atoms with Gasteiger partial charge in [-0.1, -0.05) is 71.1 Å². The van der Waals surface area contributed by atoms with Crippen LogP contribution in [0.4, 0.5) is 13.2 Å². The SMILES string of the molecule is CC.CC(N)C1CC1.CCCCCN.CN=C1C=C(C2CCCCC2)NC(c2ccccc2C(F)(F)F)N1. The fourth-order valence-electron chi connectivity index (χ4n) is 4.54. The highest BCUT2D eigenvalue weighted by Crippen LogP contribution is 2.36. The maximum Gasteiger partial charge on any atom is 0.416 e. The average Bonchev–Trinajstić information content (AvgIpc) is 3.80. The summed E-state index contributed by atoms with van der Waals surface area (Å²) >= 11 is 0. The quantitative estimate of drug-likeness (QED) is 0.286. The van der Waals surface area contributed by atoms with Crippen LogP contribution < -0.4 is 22.1 Å². The van der Waals surface area contributed by atoms with Crippen molar-refractivity contribution in [1.29, 1.82) is 0 Å². The summed E-state index contributed by atoms with van der Waals surface area (Å²) in [6.07, 6.45) is 9.14. The predicted molar refractivity (Wildman–Crippen MR) is 155 cm³/mol. The van der Waals surface area contributed by atoms with Gasteiger partial charge < -0.3 is 22.1 Å². The van der Waals surface area contributed by atoms with E-state index in [1.807, 2.05) is 19.9 Å². The smallest absolute Gasteiger partial charge is 0.365 e. The molecule has 8 heteroatoms. The van der Waals surface area contributed by atoms with Crippen molar-refractivity contribution >= 4 is 5.84 Å². The maximum atomic E-state index is 13.3. The van der Waals surface area contributed by atoms with Gasteiger partial charge in [0.1, 0.15) is 12.0 Å². The summed E-state index contributed by atoms with van der Waals surface area (Å²) in [4.78, 5) is 4.17. The second-order valence-corrected chi connectivity index (χ2v) is 10.0. The number of hydrogen-bond donors (Lipinski definition) is 4. The highest BCUT2D eigenvalue weighted by atomic mass is 19.4. The Morgan fingerprint density at radius 1 is 1.00 bits per heavy atom. The van der Waals surface area contributed by atoms with Gasteiger partial charge in [0.2, 0.25) is 0 Å². The fraction of sp³-hybridized carbons (Fsp3) is 0.700. The van der Waals surface area contributed by atoms with Gasteiger partial charge in [0.25, 0.3) is 0 Å². The summed E-state index contributed by atoms with van der Waals surface area (Å²) in [6.45, 7) is 9.11. The van der Waals surface area contributed by atoms with E-state index in [1.54, 1.807) is 13.1 Å². The van der Waals surface area contributed by atoms with E-state index in [4.69, 9.17) is 11.5 Å². The highest BCUT2D eigenvalue weighted by molar-refractivity contribution is 5.94. The maximum absolute atomic E-state index is 13.3. The third-order valence-corrected chi connectivity index (χ3v) is 6.93. The number of amidine groups is 1. The van der Waals surface area contributed by atoms with E-state index in [-0.39, 0.29) is 5.56 Å². The minimum absolute atomic E-state index is 0.201. The first-order valence-electron chi connectivity index (χ1n) is 14.5. The molecule has 6 N–H and O–H groups in total. The number of benzene rings is 1. The molecule has 1 aromatic rings. The van der Waals surface area contributed by atoms with E-state index >= 15 is 0 Å². The lowest BCUT2D eigenvalue weighted by Gasteiger charge is -2.34. The third-order valence-electron chi connectivity index (χ3n) is 6.93. The van der Waals surface area contributed by atoms with Gasteiger partial charge in [0.05, 0.1) is 5.56 Å². The number of unbranched alkanes of at least 4 members (excludes halogenated alkanes) is 2. The molecule has 1 aromatic carbocycles. The van der Waals surface area contributed by atoms with Gasteiger partial charge in [-0.15, -0.1) is 0 Å². The Morgan fingerprint density at radius 3 is 2.08 bits per heavy atom. The largest absolute Gasteiger partial charge is 0.416 e. The van der Waals surface area contributed by atoms with Crippen LogP contribution in [0.1, 0.15) is 109 Å². The van der Waals surface area contributed by atoms with Crippen molar-refractivity contribution < 1.29 is 13.2 Å². The number of nitrogens with zero attached hydrogens (tertiary/aromatic N) is 1. The standard InChI is InChI=1S/C18H22F3N3.C5H11N.C5H13N.C2H6/c1-22-16-11-15(12-7-3-2-4-8-12)23-17(24-16)13-9-5-6-10-14(13)18(19,20)21;1-4(6)5-2-3-5;1-2-3-4-5-6;1-2/h5-6,9-12,17,23H,2-4,7-8H2,1H3,(H,22,24);4-5H,2-3,6H2,1H3;2-6H2,1H3;1-2H3. The van der Waals surface area contributed by atoms with Gasteiger partial charge in [0.15, 0.2) is 0 Å². The molecule has 0 spiro atoms. The van der Waals surface area contributed by atoms with Crippen molar-refractivity contribution in [3.8, 4) is 0 Å². The Kier molecular flexibility index (Phi) is 16.3. The minimum Gasteiger partial charge on any atom is -0.365 e. The molecule has 38 heavy (non-hydrogen) atoms. The molecule has 0 saturated heterocycles. The Hall–Kier alpha value is -2.06. The van der Waals surface area contributed by atoms with Crippen LogP contribution in [0.3, 0.4) is 0 Å². The Morgan fingerprint density at radius 2 is 1.63 bits per heavy atom. The number of alkyl halides is 3. The van der Waals surface area contributed by atoms with Gasteiger partial charge in [-0.2, -0.15) is 13.2 Å². The first kappa shape index (κ1) is 34.0. The van der Waals surface area contributed by atoms with Crippen LogP contribution in [0, 0.1) is 11.8 Å². The van der Waals surface area contributed by atoms with Gasteiger partial charge in [0, 0.05) is 24.4 Å². The van der Waals surface area contributed by atoms with Crippen LogP contribution in [0.25, 0.3) is 0 Å². The lowest BCUT2D eigenvalue weighted by molar-refractivity contribution is -0.138. The van der Waals surface area contributed by atoms with Crippen molar-refractivity contribution in [2.75, 3.05) is 13.6 Å². The number of hydrogen-bond acceptors (Lipinski definition) is 4. The first-order chi connectivity index (χ1) is 18.2. The summed E-state index contributed by atoms with van der Waals surface area (Å²) in [5.41, 5.74) is 11.3. The third kappa shape index (κ3) is 12.2. The molecule has 0 radical (unpaired) electrons. The van der Waals surface area contributed by atoms with Crippen LogP contribution in [0.5, 0.6) is 0 Å². The Balaban J connectivity index is 0.000000423. The second kappa shape index (κ2) is 18.3. The summed E-state index contributed by atoms with van der Waals surface area (Å²) in [5.74, 6) is 1.87. The molecule has 1 aliphatic heterocycles. The van der Waals surface area contributed by atoms with Crippen LogP contribution >= 0.6 is 0 Å². The van der Waals surface area contributed by atoms with Crippen molar-refractivity contribution in [3.63, 3.8) is 0 Å². The van der Waals surface area contributed by atoms with E-state index in [1.165, 1.54) is 63.5 Å². The number of aliphatic imine (C=N–C) groups is 1. The summed E-state index contributed by atoms with van der Waals surface area (Å²) in [5, 5.41) is 6.35. The molecule has 4 rings (SSSR count). The zero-order valence-electron chi connectivity index (χ0n) is 24.2. The molecule has 2 saturated carbocycles. The Labute approximate surface area is 229 Å². The summed E-state index contributed by atoms with van der Waals surface area (Å²) < 4.78 is 40.0. The topological polar surface area (TPSA) is 88.5 Å². The normalized spacial score (nSPS) is 21.2. The molecule has 2 atom stereocenters. The Bertz CT molecular complexity index is 821. The van der Waals surface area contributed by atoms with Crippen LogP contribution in [0.2, 0.25) is 0 Å². The van der Waals surface area contributed by atoms with Gasteiger partial charge in [-0.05, 0) is 69.6 Å². The molecule has 5 nitrogen and oxygen atoms in total. The molecule has 3 aliphatic rings. The van der Waals surface area contributed by atoms with E-state index in [2.05, 4.69) is 29.5 Å². The van der Waals surface area contributed by atoms with Gasteiger partial charge in [-0.3, -0.25) is 4.99 Å². The van der Waals surface area contributed by atoms with Crippen molar-refractivity contribution in [1.82, 2.24) is 10.6 Å². The monoisotopic (exact) mass is 539 g/mol. The molecule has 1 heterocycles. The van der Waals surface area contributed by atoms with Crippen molar-refractivity contribution in [3.05, 3.63) is 47.2 Å². The number of nitrogens with one attached hydrogen (secondary N) is 2. The minimum atomic E-state index is -4.38. The lowest BCUT2D eigenvalue weighted by Crippen LogP contribution is -2.44. The average molecular weight is 540 g/mol. The predicted octanol–water partition coefficient (Wildman–Crippen LogP) is 7.29. The van der Waals surface area contributed by atoms with Gasteiger partial charge >= 0.3 is 6.18 Å². The molecule has 218 valence electrons. The number of halogens is 3. The van der Waals surface area contributed by atoms with E-state index in [0.717, 1.165) is 37.1 Å². The van der Waals surface area contributed by atoms with Crippen LogP contribution in [-0.4, -0.2) is 25.5 Å². The zero-order valence-corrected chi connectivity index (χ0v) is 24.2. The zero-order chi connectivity index (χ0) is 28.6. The summed E-state index contributed by atoms with van der Waals surface area (Å²) in [7, 11) is 1.65. The summed E-state index contributed by atoms with van der Waals surface area (Å²) in [6, 6.07) is 6.16. The molecule has 2 fully saturated rings. The molecule has 0 bridgehead atoms. The van der Waals surface area contributed by atoms with Crippen LogP contribution in [0.15, 0.2) is 41.0 Å². The lowest BCUT2D eigenvalue weighted by atomic mass is 9.85. The van der Waals surface area contributed by atoms with E-state index in [0.29, 0.717) is 17.8 Å². The van der Waals surface area contributed by atoms with E-state index in [9.17, 15) is 13.2 Å². The molecular formula is C30H52F3N5. The number of nitrogens with two attached hydrogens (primary N) is 2. The molecule has 0 aromatic heterocycles. The number of rotatable bonds is 6. The van der Waals surface area contributed by atoms with Gasteiger partial charge in [-0.25, -0.2) is 0 Å². The molecule has 2 unspecified atom stereocenters. The van der Waals surface area contributed by atoms with E-state index < -0.39 is 17.9 Å². The molecule has 2 aliphatic carbocycles. The molecule has 0 amide bonds. The van der Waals surface area contributed by atoms with Crippen molar-refractivity contribution in [2.24, 2.45) is 28.3 Å². The number of allylic oxidation sites excluding steroid dienone is 1. The fourth-order valence-corrected chi connectivity index (χ4v) is 4.54. The van der Waals surface area contributed by atoms with Crippen LogP contribution in [-0.2, 0) is 6.18 Å². The molecular weight excluding hydrogens is 487 g/mol. The second-order valence-electron chi connectivity index (χ2n) is 10.0. The van der Waals surface area contributed by atoms with Crippen molar-refractivity contribution in [2.45, 2.75) is 110 Å².